The maximum Gasteiger partial charge on any atom is 0.322 e. The van der Waals surface area contributed by atoms with Crippen LogP contribution in [-0.2, 0) is 9.53 Å². The average Bonchev–Trinajstić information content (AvgIpc) is 1.98. The topological polar surface area (TPSA) is 52.3 Å². The number of rotatable bonds is 4. The van der Waals surface area contributed by atoms with Crippen molar-refractivity contribution < 1.29 is 9.53 Å². The number of hydrogen-bond donors (Lipinski definition) is 1. The third kappa shape index (κ3) is 3.45. The molecule has 10 heavy (non-hydrogen) atoms. The molecule has 0 saturated carbocycles. The standard InChI is InChI=1S/C7H15NO2/c1-3-5-10-7(9)6(8)4-2/h6H,3-5,8H2,1-2H3/t6-/m1/s1. The van der Waals surface area contributed by atoms with Crippen molar-refractivity contribution >= 4 is 5.97 Å². The summed E-state index contributed by atoms with van der Waals surface area (Å²) in [5.74, 6) is -0.288. The van der Waals surface area contributed by atoms with Crippen LogP contribution < -0.4 is 5.73 Å². The van der Waals surface area contributed by atoms with Gasteiger partial charge in [-0.3, -0.25) is 4.79 Å². The Hall–Kier alpha value is -0.570. The highest BCUT2D eigenvalue weighted by Gasteiger charge is 2.10. The molecule has 0 aromatic rings. The van der Waals surface area contributed by atoms with Crippen LogP contribution in [-0.4, -0.2) is 18.6 Å². The number of ether oxygens (including phenoxy) is 1. The third-order valence-electron chi connectivity index (χ3n) is 1.19. The molecule has 0 rings (SSSR count). The van der Waals surface area contributed by atoms with Crippen molar-refractivity contribution in [3.05, 3.63) is 0 Å². The van der Waals surface area contributed by atoms with E-state index in [1.165, 1.54) is 0 Å². The third-order valence-corrected chi connectivity index (χ3v) is 1.19. The van der Waals surface area contributed by atoms with Gasteiger partial charge in [-0.05, 0) is 12.8 Å². The van der Waals surface area contributed by atoms with Gasteiger partial charge in [0.2, 0.25) is 0 Å². The zero-order valence-electron chi connectivity index (χ0n) is 6.59. The van der Waals surface area contributed by atoms with Crippen LogP contribution >= 0.6 is 0 Å². The van der Waals surface area contributed by atoms with Crippen LogP contribution in [0.1, 0.15) is 26.7 Å². The van der Waals surface area contributed by atoms with Gasteiger partial charge in [-0.15, -0.1) is 0 Å². The summed E-state index contributed by atoms with van der Waals surface area (Å²) in [5, 5.41) is 0. The SMILES string of the molecule is CCCOC(=O)[C@H](N)CC. The Labute approximate surface area is 61.5 Å². The van der Waals surface area contributed by atoms with Gasteiger partial charge in [-0.25, -0.2) is 0 Å². The minimum atomic E-state index is -0.438. The molecule has 0 unspecified atom stereocenters. The molecule has 0 radical (unpaired) electrons. The molecular formula is C7H15NO2. The molecule has 60 valence electrons. The molecule has 0 heterocycles. The second-order valence-corrected chi connectivity index (χ2v) is 2.18. The average molecular weight is 145 g/mol. The van der Waals surface area contributed by atoms with Crippen LogP contribution in [0.3, 0.4) is 0 Å². The van der Waals surface area contributed by atoms with Crippen molar-refractivity contribution in [2.24, 2.45) is 5.73 Å². The summed E-state index contributed by atoms with van der Waals surface area (Å²) >= 11 is 0. The first-order chi connectivity index (χ1) is 4.72. The smallest absolute Gasteiger partial charge is 0.322 e. The molecule has 0 aromatic heterocycles. The van der Waals surface area contributed by atoms with E-state index < -0.39 is 6.04 Å². The monoisotopic (exact) mass is 145 g/mol. The maximum atomic E-state index is 10.8. The zero-order valence-corrected chi connectivity index (χ0v) is 6.59. The van der Waals surface area contributed by atoms with E-state index in [-0.39, 0.29) is 5.97 Å². The predicted molar refractivity (Wildman–Crippen MR) is 39.5 cm³/mol. The Kier molecular flexibility index (Phi) is 4.94. The molecule has 0 fully saturated rings. The van der Waals surface area contributed by atoms with Gasteiger partial charge in [0.05, 0.1) is 6.61 Å². The maximum absolute atomic E-state index is 10.8. The first kappa shape index (κ1) is 9.43. The second-order valence-electron chi connectivity index (χ2n) is 2.18. The Morgan fingerprint density at radius 1 is 1.60 bits per heavy atom. The van der Waals surface area contributed by atoms with Gasteiger partial charge in [0.25, 0.3) is 0 Å². The second kappa shape index (κ2) is 5.23. The minimum Gasteiger partial charge on any atom is -0.465 e. The van der Waals surface area contributed by atoms with Gasteiger partial charge < -0.3 is 10.5 Å². The molecule has 0 aliphatic carbocycles. The molecule has 0 aliphatic rings. The van der Waals surface area contributed by atoms with Crippen molar-refractivity contribution in [1.82, 2.24) is 0 Å². The molecule has 0 saturated heterocycles. The Bertz CT molecular complexity index is 104. The predicted octanol–water partition coefficient (Wildman–Crippen LogP) is 0.677. The van der Waals surface area contributed by atoms with Gasteiger partial charge in [-0.2, -0.15) is 0 Å². The van der Waals surface area contributed by atoms with Crippen LogP contribution in [0.4, 0.5) is 0 Å². The number of carbonyl (C=O) groups excluding carboxylic acids is 1. The van der Waals surface area contributed by atoms with E-state index in [0.29, 0.717) is 13.0 Å². The fraction of sp³-hybridized carbons (Fsp3) is 0.857. The fourth-order valence-electron chi connectivity index (χ4n) is 0.476. The summed E-state index contributed by atoms with van der Waals surface area (Å²) < 4.78 is 4.78. The van der Waals surface area contributed by atoms with Crippen molar-refractivity contribution in [2.75, 3.05) is 6.61 Å². The van der Waals surface area contributed by atoms with E-state index in [0.717, 1.165) is 6.42 Å². The summed E-state index contributed by atoms with van der Waals surface area (Å²) in [7, 11) is 0. The zero-order chi connectivity index (χ0) is 7.98. The van der Waals surface area contributed by atoms with Gasteiger partial charge in [0.15, 0.2) is 0 Å². The van der Waals surface area contributed by atoms with Crippen LogP contribution in [0.15, 0.2) is 0 Å². The van der Waals surface area contributed by atoms with E-state index in [9.17, 15) is 4.79 Å². The highest BCUT2D eigenvalue weighted by Crippen LogP contribution is 1.91. The number of esters is 1. The molecule has 0 aromatic carbocycles. The Balaban J connectivity index is 3.42. The number of carbonyl (C=O) groups is 1. The lowest BCUT2D eigenvalue weighted by molar-refractivity contribution is -0.145. The molecule has 0 amide bonds. The first-order valence-corrected chi connectivity index (χ1v) is 3.64. The molecule has 2 N–H and O–H groups in total. The van der Waals surface area contributed by atoms with Crippen LogP contribution in [0, 0.1) is 0 Å². The highest BCUT2D eigenvalue weighted by molar-refractivity contribution is 5.75. The molecule has 0 spiro atoms. The summed E-state index contributed by atoms with van der Waals surface area (Å²) in [4.78, 5) is 10.8. The van der Waals surface area contributed by atoms with Gasteiger partial charge in [0.1, 0.15) is 6.04 Å². The first-order valence-electron chi connectivity index (χ1n) is 3.64. The number of hydrogen-bond acceptors (Lipinski definition) is 3. The molecule has 1 atom stereocenters. The molecule has 3 heteroatoms. The lowest BCUT2D eigenvalue weighted by Gasteiger charge is -2.07. The summed E-state index contributed by atoms with van der Waals surface area (Å²) in [5.41, 5.74) is 5.38. The normalized spacial score (nSPS) is 12.7. The fourth-order valence-corrected chi connectivity index (χ4v) is 0.476. The van der Waals surface area contributed by atoms with Crippen molar-refractivity contribution in [3.63, 3.8) is 0 Å². The lowest BCUT2D eigenvalue weighted by Crippen LogP contribution is -2.31. The van der Waals surface area contributed by atoms with E-state index in [2.05, 4.69) is 0 Å². The summed E-state index contributed by atoms with van der Waals surface area (Å²) in [6.45, 7) is 4.29. The van der Waals surface area contributed by atoms with E-state index >= 15 is 0 Å². The van der Waals surface area contributed by atoms with E-state index in [4.69, 9.17) is 10.5 Å². The van der Waals surface area contributed by atoms with Crippen molar-refractivity contribution in [2.45, 2.75) is 32.7 Å². The van der Waals surface area contributed by atoms with Crippen LogP contribution in [0.2, 0.25) is 0 Å². The quantitative estimate of drug-likeness (QED) is 0.592. The van der Waals surface area contributed by atoms with Gasteiger partial charge in [0, 0.05) is 0 Å². The molecular weight excluding hydrogens is 130 g/mol. The van der Waals surface area contributed by atoms with Crippen molar-refractivity contribution in [3.8, 4) is 0 Å². The van der Waals surface area contributed by atoms with E-state index in [1.807, 2.05) is 13.8 Å². The van der Waals surface area contributed by atoms with Gasteiger partial charge in [-0.1, -0.05) is 13.8 Å². The lowest BCUT2D eigenvalue weighted by atomic mass is 10.2. The van der Waals surface area contributed by atoms with E-state index in [1.54, 1.807) is 0 Å². The largest absolute Gasteiger partial charge is 0.465 e. The number of nitrogens with two attached hydrogens (primary N) is 1. The molecule has 0 bridgehead atoms. The van der Waals surface area contributed by atoms with Gasteiger partial charge >= 0.3 is 5.97 Å². The molecule has 0 aliphatic heterocycles. The Morgan fingerprint density at radius 3 is 2.60 bits per heavy atom. The van der Waals surface area contributed by atoms with Crippen LogP contribution in [0.5, 0.6) is 0 Å². The highest BCUT2D eigenvalue weighted by atomic mass is 16.5. The molecule has 3 nitrogen and oxygen atoms in total. The Morgan fingerprint density at radius 2 is 2.20 bits per heavy atom. The summed E-state index contributed by atoms with van der Waals surface area (Å²) in [6.07, 6.45) is 1.49. The minimum absolute atomic E-state index is 0.288. The van der Waals surface area contributed by atoms with Crippen molar-refractivity contribution in [1.29, 1.82) is 0 Å². The van der Waals surface area contributed by atoms with Crippen LogP contribution in [0.25, 0.3) is 0 Å². The summed E-state index contributed by atoms with van der Waals surface area (Å²) in [6, 6.07) is -0.438.